The lowest BCUT2D eigenvalue weighted by Crippen LogP contribution is -2.00. The van der Waals surface area contributed by atoms with Crippen LogP contribution in [0, 0.1) is 0 Å². The average molecular weight is 278 g/mol. The molecule has 0 aliphatic carbocycles. The average Bonchev–Trinajstić information content (AvgIpc) is 2.40. The summed E-state index contributed by atoms with van der Waals surface area (Å²) >= 11 is 6.09. The third-order valence-electron chi connectivity index (χ3n) is 2.56. The second-order valence-electron chi connectivity index (χ2n) is 3.93. The zero-order chi connectivity index (χ0) is 13.7. The topological polar surface area (TPSA) is 46.2 Å². The van der Waals surface area contributed by atoms with Crippen LogP contribution in [0.15, 0.2) is 36.5 Å². The first kappa shape index (κ1) is 13.5. The number of halogens is 1. The van der Waals surface area contributed by atoms with E-state index in [4.69, 9.17) is 16.3 Å². The van der Waals surface area contributed by atoms with E-state index in [1.807, 2.05) is 37.3 Å². The number of aromatic nitrogens is 1. The van der Waals surface area contributed by atoms with Gasteiger partial charge in [0.15, 0.2) is 0 Å². The number of methoxy groups -OCH3 is 1. The number of pyridine rings is 1. The Labute approximate surface area is 117 Å². The highest BCUT2D eigenvalue weighted by atomic mass is 35.5. The van der Waals surface area contributed by atoms with E-state index in [9.17, 15) is 0 Å². The van der Waals surface area contributed by atoms with Gasteiger partial charge in [-0.1, -0.05) is 11.6 Å². The van der Waals surface area contributed by atoms with Crippen molar-refractivity contribution in [2.45, 2.75) is 6.92 Å². The van der Waals surface area contributed by atoms with E-state index >= 15 is 0 Å². The number of ether oxygens (including phenoxy) is 1. The first-order valence-electron chi connectivity index (χ1n) is 6.03. The highest BCUT2D eigenvalue weighted by Crippen LogP contribution is 2.29. The third kappa shape index (κ3) is 3.51. The molecule has 19 heavy (non-hydrogen) atoms. The Hall–Kier alpha value is -1.94. The zero-order valence-corrected chi connectivity index (χ0v) is 11.7. The van der Waals surface area contributed by atoms with E-state index in [0.29, 0.717) is 10.8 Å². The number of hydrogen-bond donors (Lipinski definition) is 2. The summed E-state index contributed by atoms with van der Waals surface area (Å²) in [5.74, 6) is 1.50. The van der Waals surface area contributed by atoms with Gasteiger partial charge in [-0.25, -0.2) is 4.98 Å². The van der Waals surface area contributed by atoms with Gasteiger partial charge in [0.2, 0.25) is 0 Å². The van der Waals surface area contributed by atoms with E-state index in [2.05, 4.69) is 15.6 Å². The van der Waals surface area contributed by atoms with Crippen LogP contribution >= 0.6 is 11.6 Å². The minimum Gasteiger partial charge on any atom is -0.495 e. The van der Waals surface area contributed by atoms with Crippen molar-refractivity contribution in [3.05, 3.63) is 41.6 Å². The molecule has 0 fully saturated rings. The first-order chi connectivity index (χ1) is 9.22. The number of nitrogens with one attached hydrogen (secondary N) is 2. The minimum absolute atomic E-state index is 0.577. The molecule has 0 saturated heterocycles. The minimum atomic E-state index is 0.577. The molecule has 2 aromatic rings. The summed E-state index contributed by atoms with van der Waals surface area (Å²) in [5, 5.41) is 7.02. The fourth-order valence-corrected chi connectivity index (χ4v) is 1.95. The number of hydrogen-bond acceptors (Lipinski definition) is 4. The molecule has 1 heterocycles. The molecule has 0 amide bonds. The SMILES string of the molecule is CCNc1cc(Nc2ccc(OC)c(Cl)c2)ccn1. The van der Waals surface area contributed by atoms with Crippen LogP contribution in [0.1, 0.15) is 6.92 Å². The largest absolute Gasteiger partial charge is 0.495 e. The van der Waals surface area contributed by atoms with Gasteiger partial charge in [-0.2, -0.15) is 0 Å². The standard InChI is InChI=1S/C14H16ClN3O/c1-3-16-14-9-11(6-7-17-14)18-10-4-5-13(19-2)12(15)8-10/h4-9H,3H2,1-2H3,(H2,16,17,18). The van der Waals surface area contributed by atoms with Crippen molar-refractivity contribution in [3.63, 3.8) is 0 Å². The van der Waals surface area contributed by atoms with Crippen LogP contribution in [0.25, 0.3) is 0 Å². The zero-order valence-electron chi connectivity index (χ0n) is 10.9. The van der Waals surface area contributed by atoms with E-state index in [1.165, 1.54) is 0 Å². The molecule has 0 saturated carbocycles. The Bertz CT molecular complexity index is 560. The predicted molar refractivity (Wildman–Crippen MR) is 79.7 cm³/mol. The van der Waals surface area contributed by atoms with Crippen LogP contribution in [0.2, 0.25) is 5.02 Å². The highest BCUT2D eigenvalue weighted by molar-refractivity contribution is 6.32. The van der Waals surface area contributed by atoms with Gasteiger partial charge in [-0.05, 0) is 31.2 Å². The van der Waals surface area contributed by atoms with Crippen LogP contribution in [0.5, 0.6) is 5.75 Å². The number of anilines is 3. The maximum atomic E-state index is 6.09. The molecule has 5 heteroatoms. The molecule has 100 valence electrons. The molecular formula is C14H16ClN3O. The van der Waals surface area contributed by atoms with Crippen LogP contribution in [0.3, 0.4) is 0 Å². The van der Waals surface area contributed by atoms with Crippen molar-refractivity contribution in [1.82, 2.24) is 4.98 Å². The van der Waals surface area contributed by atoms with Crippen molar-refractivity contribution in [1.29, 1.82) is 0 Å². The molecule has 0 aliphatic heterocycles. The van der Waals surface area contributed by atoms with Gasteiger partial charge in [0.05, 0.1) is 12.1 Å². The smallest absolute Gasteiger partial charge is 0.137 e. The van der Waals surface area contributed by atoms with Crippen molar-refractivity contribution in [2.24, 2.45) is 0 Å². The lowest BCUT2D eigenvalue weighted by Gasteiger charge is -2.10. The summed E-state index contributed by atoms with van der Waals surface area (Å²) < 4.78 is 5.12. The number of nitrogens with zero attached hydrogens (tertiary/aromatic N) is 1. The fraction of sp³-hybridized carbons (Fsp3) is 0.214. The van der Waals surface area contributed by atoms with E-state index in [-0.39, 0.29) is 0 Å². The number of benzene rings is 1. The third-order valence-corrected chi connectivity index (χ3v) is 2.85. The van der Waals surface area contributed by atoms with Crippen molar-refractivity contribution < 1.29 is 4.74 Å². The maximum Gasteiger partial charge on any atom is 0.137 e. The molecule has 1 aromatic heterocycles. The molecular weight excluding hydrogens is 262 g/mol. The van der Waals surface area contributed by atoms with Gasteiger partial charge < -0.3 is 15.4 Å². The fourth-order valence-electron chi connectivity index (χ4n) is 1.70. The van der Waals surface area contributed by atoms with Crippen LogP contribution < -0.4 is 15.4 Å². The van der Waals surface area contributed by atoms with Crippen molar-refractivity contribution >= 4 is 28.8 Å². The number of rotatable bonds is 5. The second kappa shape index (κ2) is 6.29. The summed E-state index contributed by atoms with van der Waals surface area (Å²) in [6.07, 6.45) is 1.76. The molecule has 0 atom stereocenters. The van der Waals surface area contributed by atoms with Gasteiger partial charge in [0.25, 0.3) is 0 Å². The summed E-state index contributed by atoms with van der Waals surface area (Å²) in [5.41, 5.74) is 1.85. The van der Waals surface area contributed by atoms with E-state index in [1.54, 1.807) is 13.3 Å². The molecule has 2 rings (SSSR count). The van der Waals surface area contributed by atoms with Crippen LogP contribution in [-0.4, -0.2) is 18.6 Å². The molecule has 0 aliphatic rings. The van der Waals surface area contributed by atoms with Crippen molar-refractivity contribution in [2.75, 3.05) is 24.3 Å². The van der Waals surface area contributed by atoms with Crippen LogP contribution in [0.4, 0.5) is 17.2 Å². The first-order valence-corrected chi connectivity index (χ1v) is 6.41. The van der Waals surface area contributed by atoms with Crippen LogP contribution in [-0.2, 0) is 0 Å². The molecule has 1 aromatic carbocycles. The van der Waals surface area contributed by atoms with Gasteiger partial charge >= 0.3 is 0 Å². The normalized spacial score (nSPS) is 10.1. The monoisotopic (exact) mass is 277 g/mol. The summed E-state index contributed by atoms with van der Waals surface area (Å²) in [6.45, 7) is 2.87. The van der Waals surface area contributed by atoms with Gasteiger partial charge in [-0.15, -0.1) is 0 Å². The van der Waals surface area contributed by atoms with Gasteiger partial charge in [0, 0.05) is 30.2 Å². The Balaban J connectivity index is 2.16. The summed E-state index contributed by atoms with van der Waals surface area (Å²) in [7, 11) is 1.60. The molecule has 0 radical (unpaired) electrons. The van der Waals surface area contributed by atoms with Gasteiger partial charge in [0.1, 0.15) is 11.6 Å². The Kier molecular flexibility index (Phi) is 4.47. The highest BCUT2D eigenvalue weighted by Gasteiger charge is 2.02. The van der Waals surface area contributed by atoms with E-state index in [0.717, 1.165) is 23.7 Å². The van der Waals surface area contributed by atoms with Gasteiger partial charge in [-0.3, -0.25) is 0 Å². The maximum absolute atomic E-state index is 6.09. The molecule has 0 spiro atoms. The molecule has 2 N–H and O–H groups in total. The Morgan fingerprint density at radius 2 is 2.00 bits per heavy atom. The molecule has 0 bridgehead atoms. The Morgan fingerprint density at radius 3 is 2.68 bits per heavy atom. The summed E-state index contributed by atoms with van der Waals surface area (Å²) in [4.78, 5) is 4.22. The Morgan fingerprint density at radius 1 is 1.21 bits per heavy atom. The van der Waals surface area contributed by atoms with E-state index < -0.39 is 0 Å². The lowest BCUT2D eigenvalue weighted by atomic mass is 10.3. The molecule has 0 unspecified atom stereocenters. The molecule has 4 nitrogen and oxygen atoms in total. The van der Waals surface area contributed by atoms with Crippen molar-refractivity contribution in [3.8, 4) is 5.75 Å². The predicted octanol–water partition coefficient (Wildman–Crippen LogP) is 3.92. The quantitative estimate of drug-likeness (QED) is 0.870. The summed E-state index contributed by atoms with van der Waals surface area (Å²) in [6, 6.07) is 9.42. The lowest BCUT2D eigenvalue weighted by molar-refractivity contribution is 0.415. The second-order valence-corrected chi connectivity index (χ2v) is 4.34.